The Labute approximate surface area is 331 Å². The van der Waals surface area contributed by atoms with E-state index in [1.165, 1.54) is 5.56 Å². The summed E-state index contributed by atoms with van der Waals surface area (Å²) in [6.07, 6.45) is 9.59. The molecule has 1 atom stereocenters. The van der Waals surface area contributed by atoms with E-state index in [4.69, 9.17) is 4.98 Å². The van der Waals surface area contributed by atoms with Crippen molar-refractivity contribution in [2.24, 2.45) is 0 Å². The normalized spacial score (nSPS) is 22.0. The third-order valence-electron chi connectivity index (χ3n) is 12.7. The number of carbonyl (C=O) groups is 3. The monoisotopic (exact) mass is 792 g/mol. The molecule has 0 bridgehead atoms. The van der Waals surface area contributed by atoms with Crippen LogP contribution in [0.25, 0.3) is 11.0 Å². The third-order valence-corrected chi connectivity index (χ3v) is 14.6. The number of pyridine rings is 1. The quantitative estimate of drug-likeness (QED) is 0.233. The molecule has 3 amide bonds. The Hall–Kier alpha value is -4.99. The summed E-state index contributed by atoms with van der Waals surface area (Å²) in [6.45, 7) is 3.50. The van der Waals surface area contributed by atoms with Gasteiger partial charge in [0.05, 0.1) is 4.90 Å². The number of anilines is 1. The van der Waals surface area contributed by atoms with Crippen molar-refractivity contribution in [3.63, 3.8) is 0 Å². The summed E-state index contributed by atoms with van der Waals surface area (Å²) in [6, 6.07) is 16.2. The summed E-state index contributed by atoms with van der Waals surface area (Å²) in [5, 5.41) is 6.61. The van der Waals surface area contributed by atoms with Gasteiger partial charge in [0.2, 0.25) is 27.8 Å². The number of rotatable bonds is 9. The van der Waals surface area contributed by atoms with Gasteiger partial charge in [-0.1, -0.05) is 37.1 Å². The molecule has 14 nitrogen and oxygen atoms in total. The molecule has 1 unspecified atom stereocenters. The Balaban J connectivity index is 0.784. The van der Waals surface area contributed by atoms with Crippen molar-refractivity contribution in [1.82, 2.24) is 34.0 Å². The highest BCUT2D eigenvalue weighted by molar-refractivity contribution is 7.89. The Kier molecular flexibility index (Phi) is 10.2. The van der Waals surface area contributed by atoms with Crippen LogP contribution in [0.4, 0.5) is 5.95 Å². The highest BCUT2D eigenvalue weighted by atomic mass is 32.2. The number of hydrogen-bond donors (Lipinski definition) is 2. The van der Waals surface area contributed by atoms with Gasteiger partial charge in [0.25, 0.3) is 11.5 Å². The molecule has 57 heavy (non-hydrogen) atoms. The Morgan fingerprint density at radius 1 is 0.842 bits per heavy atom. The zero-order chi connectivity index (χ0) is 39.3. The average Bonchev–Trinajstić information content (AvgIpc) is 3.86. The Morgan fingerprint density at radius 3 is 2.40 bits per heavy atom. The molecule has 1 aliphatic carbocycles. The van der Waals surface area contributed by atoms with E-state index in [-0.39, 0.29) is 35.9 Å². The SMILES string of the molecule is O=C1CCC(N2Cc3cc(C4CCN(Cc5cccc(S(=O)(=O)N6CCC(Nc7ncc8ccc(=O)n(C9CCCC9)c8n7)CC6)c5)CC4)ccc3C2=O)C(=O)N1. The molecule has 2 N–H and O–H groups in total. The predicted molar refractivity (Wildman–Crippen MR) is 213 cm³/mol. The second kappa shape index (κ2) is 15.4. The van der Waals surface area contributed by atoms with Gasteiger partial charge in [-0.05, 0) is 105 Å². The summed E-state index contributed by atoms with van der Waals surface area (Å²) in [5.41, 5.74) is 4.31. The first-order chi connectivity index (χ1) is 27.6. The molecule has 2 aromatic heterocycles. The predicted octanol–water partition coefficient (Wildman–Crippen LogP) is 4.31. The fraction of sp³-hybridized carbons (Fsp3) is 0.476. The first kappa shape index (κ1) is 37.6. The van der Waals surface area contributed by atoms with Gasteiger partial charge in [-0.2, -0.15) is 9.29 Å². The lowest BCUT2D eigenvalue weighted by Gasteiger charge is -2.33. The number of nitrogens with one attached hydrogen (secondary N) is 2. The van der Waals surface area contributed by atoms with E-state index in [1.807, 2.05) is 34.9 Å². The number of aromatic nitrogens is 3. The van der Waals surface area contributed by atoms with Crippen LogP contribution in [0.5, 0.6) is 0 Å². The largest absolute Gasteiger partial charge is 0.351 e. The molecule has 2 aromatic carbocycles. The first-order valence-corrected chi connectivity index (χ1v) is 21.8. The molecule has 4 aromatic rings. The van der Waals surface area contributed by atoms with Crippen molar-refractivity contribution < 1.29 is 22.8 Å². The molecule has 4 aliphatic heterocycles. The minimum atomic E-state index is -3.69. The smallest absolute Gasteiger partial charge is 0.255 e. The Bertz CT molecular complexity index is 2400. The minimum Gasteiger partial charge on any atom is -0.351 e. The van der Waals surface area contributed by atoms with Crippen molar-refractivity contribution in [2.45, 2.75) is 106 Å². The van der Waals surface area contributed by atoms with E-state index in [0.29, 0.717) is 73.4 Å². The summed E-state index contributed by atoms with van der Waals surface area (Å²) in [7, 11) is -3.69. The maximum Gasteiger partial charge on any atom is 0.255 e. The topological polar surface area (TPSA) is 167 Å². The van der Waals surface area contributed by atoms with E-state index >= 15 is 0 Å². The van der Waals surface area contributed by atoms with Crippen LogP contribution in [0.15, 0.2) is 70.5 Å². The van der Waals surface area contributed by atoms with Gasteiger partial charge in [-0.3, -0.25) is 34.0 Å². The minimum absolute atomic E-state index is 0.00495. The van der Waals surface area contributed by atoms with Gasteiger partial charge in [-0.15, -0.1) is 0 Å². The fourth-order valence-electron chi connectivity index (χ4n) is 9.53. The van der Waals surface area contributed by atoms with E-state index in [9.17, 15) is 27.6 Å². The lowest BCUT2D eigenvalue weighted by molar-refractivity contribution is -0.136. The molecular formula is C42H48N8O6S. The van der Waals surface area contributed by atoms with Crippen LogP contribution in [0.3, 0.4) is 0 Å². The molecule has 3 saturated heterocycles. The highest BCUT2D eigenvalue weighted by Crippen LogP contribution is 2.35. The van der Waals surface area contributed by atoms with E-state index in [2.05, 4.69) is 26.6 Å². The van der Waals surface area contributed by atoms with Crippen LogP contribution < -0.4 is 16.2 Å². The van der Waals surface area contributed by atoms with Gasteiger partial charge in [0, 0.05) is 67.9 Å². The van der Waals surface area contributed by atoms with Gasteiger partial charge in [0.1, 0.15) is 11.7 Å². The van der Waals surface area contributed by atoms with E-state index in [0.717, 1.165) is 68.1 Å². The molecule has 0 spiro atoms. The molecule has 0 radical (unpaired) electrons. The van der Waals surface area contributed by atoms with Gasteiger partial charge in [-0.25, -0.2) is 13.4 Å². The van der Waals surface area contributed by atoms with Crippen LogP contribution in [-0.2, 0) is 32.7 Å². The molecular weight excluding hydrogens is 745 g/mol. The fourth-order valence-corrected chi connectivity index (χ4v) is 11.1. The average molecular weight is 793 g/mol. The molecule has 15 heteroatoms. The van der Waals surface area contributed by atoms with Crippen LogP contribution in [0.1, 0.15) is 103 Å². The number of fused-ring (bicyclic) bond motifs is 2. The summed E-state index contributed by atoms with van der Waals surface area (Å²) in [4.78, 5) is 63.7. The van der Waals surface area contributed by atoms with Crippen LogP contribution in [0.2, 0.25) is 0 Å². The van der Waals surface area contributed by atoms with Crippen molar-refractivity contribution in [2.75, 3.05) is 31.5 Å². The van der Waals surface area contributed by atoms with E-state index < -0.39 is 22.0 Å². The lowest BCUT2D eigenvalue weighted by Crippen LogP contribution is -2.52. The zero-order valence-corrected chi connectivity index (χ0v) is 32.8. The van der Waals surface area contributed by atoms with Gasteiger partial charge >= 0.3 is 0 Å². The summed E-state index contributed by atoms with van der Waals surface area (Å²) < 4.78 is 31.1. The number of amides is 3. The summed E-state index contributed by atoms with van der Waals surface area (Å²) >= 11 is 0. The van der Waals surface area contributed by atoms with Crippen molar-refractivity contribution in [1.29, 1.82) is 0 Å². The zero-order valence-electron chi connectivity index (χ0n) is 31.9. The van der Waals surface area contributed by atoms with Crippen LogP contribution in [0, 0.1) is 0 Å². The van der Waals surface area contributed by atoms with Crippen LogP contribution >= 0.6 is 0 Å². The van der Waals surface area contributed by atoms with Gasteiger partial charge in [0.15, 0.2) is 0 Å². The number of imide groups is 1. The maximum atomic E-state index is 13.9. The number of carbonyl (C=O) groups excluding carboxylic acids is 3. The third kappa shape index (κ3) is 7.48. The maximum absolute atomic E-state index is 13.9. The standard InChI is InChI=1S/C42H48N8O6S/c51-37-12-11-36(40(53)45-37)49-26-31-23-29(8-10-35(31)41(49)54)28-14-18-47(19-15-28)25-27-4-3-7-34(22-27)57(55,56)48-20-16-32(17-21-48)44-42-43-24-30-9-13-38(52)50(39(30)46-42)33-5-1-2-6-33/h3-4,7-10,13,22-24,28,32-33,36H,1-2,5-6,11-12,14-21,25-26H2,(H,43,44,46)(H,45,51,53). The molecule has 9 rings (SSSR count). The summed E-state index contributed by atoms with van der Waals surface area (Å²) in [5.74, 6) is -0.0659. The molecule has 4 fully saturated rings. The second-order valence-electron chi connectivity index (χ2n) is 16.3. The first-order valence-electron chi connectivity index (χ1n) is 20.3. The molecule has 1 saturated carbocycles. The highest BCUT2D eigenvalue weighted by Gasteiger charge is 2.39. The van der Waals surface area contributed by atoms with Crippen molar-refractivity contribution in [3.8, 4) is 0 Å². The number of benzene rings is 2. The Morgan fingerprint density at radius 2 is 1.63 bits per heavy atom. The van der Waals surface area contributed by atoms with Gasteiger partial charge < -0.3 is 10.2 Å². The second-order valence-corrected chi connectivity index (χ2v) is 18.2. The molecule has 298 valence electrons. The number of hydrogen-bond acceptors (Lipinski definition) is 10. The van der Waals surface area contributed by atoms with Crippen LogP contribution in [-0.4, -0.2) is 93.0 Å². The molecule has 5 aliphatic rings. The van der Waals surface area contributed by atoms with Crippen molar-refractivity contribution >= 4 is 44.7 Å². The van der Waals surface area contributed by atoms with E-state index in [1.54, 1.807) is 33.6 Å². The number of sulfonamides is 1. The number of likely N-dealkylation sites (tertiary alicyclic amines) is 1. The number of piperidine rings is 3. The molecule has 6 heterocycles. The number of nitrogens with zero attached hydrogens (tertiary/aromatic N) is 6. The van der Waals surface area contributed by atoms with Crippen molar-refractivity contribution in [3.05, 3.63) is 93.4 Å². The lowest BCUT2D eigenvalue weighted by atomic mass is 9.87.